The van der Waals surface area contributed by atoms with Crippen molar-refractivity contribution in [3.63, 3.8) is 0 Å². The highest BCUT2D eigenvalue weighted by molar-refractivity contribution is 5.89. The van der Waals surface area contributed by atoms with Crippen LogP contribution in [0, 0.1) is 5.92 Å². The zero-order valence-electron chi connectivity index (χ0n) is 15.9. The predicted molar refractivity (Wildman–Crippen MR) is 104 cm³/mol. The Balaban J connectivity index is 1.56. The van der Waals surface area contributed by atoms with Gasteiger partial charge in [0.25, 0.3) is 0 Å². The molecule has 0 amide bonds. The molecular formula is C20H21N7O. The first kappa shape index (κ1) is 16.9. The quantitative estimate of drug-likeness (QED) is 0.515. The number of fused-ring (bicyclic) bond motifs is 1. The van der Waals surface area contributed by atoms with Crippen LogP contribution in [0.4, 0.5) is 0 Å². The van der Waals surface area contributed by atoms with Crippen LogP contribution in [0.25, 0.3) is 22.4 Å². The van der Waals surface area contributed by atoms with Gasteiger partial charge >= 0.3 is 0 Å². The van der Waals surface area contributed by atoms with E-state index >= 15 is 0 Å². The maximum absolute atomic E-state index is 5.26. The van der Waals surface area contributed by atoms with Gasteiger partial charge in [-0.05, 0) is 31.7 Å². The number of aromatic nitrogens is 7. The smallest absolute Gasteiger partial charge is 0.213 e. The summed E-state index contributed by atoms with van der Waals surface area (Å²) in [5, 5.41) is 10.2. The van der Waals surface area contributed by atoms with Crippen LogP contribution in [0.3, 0.4) is 0 Å². The minimum atomic E-state index is -0.00953. The highest BCUT2D eigenvalue weighted by atomic mass is 16.5. The van der Waals surface area contributed by atoms with Gasteiger partial charge in [0, 0.05) is 30.6 Å². The third-order valence-corrected chi connectivity index (χ3v) is 5.19. The van der Waals surface area contributed by atoms with Gasteiger partial charge < -0.3 is 4.74 Å². The number of methoxy groups -OCH3 is 1. The second-order valence-corrected chi connectivity index (χ2v) is 7.23. The third-order valence-electron chi connectivity index (χ3n) is 5.19. The van der Waals surface area contributed by atoms with E-state index in [0.29, 0.717) is 5.88 Å². The van der Waals surface area contributed by atoms with E-state index in [2.05, 4.69) is 33.2 Å². The molecule has 1 aliphatic rings. The average molecular weight is 375 g/mol. The molecule has 4 aromatic heterocycles. The van der Waals surface area contributed by atoms with Crippen LogP contribution in [0.15, 0.2) is 43.1 Å². The second-order valence-electron chi connectivity index (χ2n) is 7.23. The number of hydrogen-bond donors (Lipinski definition) is 0. The van der Waals surface area contributed by atoms with Crippen LogP contribution in [0.2, 0.25) is 0 Å². The summed E-state index contributed by atoms with van der Waals surface area (Å²) in [4.78, 5) is 13.2. The summed E-state index contributed by atoms with van der Waals surface area (Å²) in [6.07, 6.45) is 9.98. The van der Waals surface area contributed by atoms with Crippen molar-refractivity contribution in [2.75, 3.05) is 7.11 Å². The van der Waals surface area contributed by atoms with Crippen LogP contribution in [0.1, 0.15) is 31.4 Å². The van der Waals surface area contributed by atoms with Crippen LogP contribution in [0.5, 0.6) is 5.88 Å². The lowest BCUT2D eigenvalue weighted by molar-refractivity contribution is 0.398. The summed E-state index contributed by atoms with van der Waals surface area (Å²) in [6.45, 7) is 3.10. The van der Waals surface area contributed by atoms with Crippen molar-refractivity contribution in [1.29, 1.82) is 0 Å². The topological polar surface area (TPSA) is 83.5 Å². The van der Waals surface area contributed by atoms with Crippen molar-refractivity contribution in [2.24, 2.45) is 5.92 Å². The van der Waals surface area contributed by atoms with Crippen molar-refractivity contribution >= 4 is 11.0 Å². The molecule has 0 bridgehead atoms. The first-order valence-electron chi connectivity index (χ1n) is 9.45. The molecule has 8 heteroatoms. The standard InChI is InChI=1S/C20H21N7O/c1-13(15-8-23-26(11-15)10-14-6-7-14)27-20-16(9-21-12-22-20)19(25-27)17-4-3-5-18(24-17)28-2/h3-5,8-9,11-14H,6-7,10H2,1-2H3. The molecule has 0 saturated heterocycles. The lowest BCUT2D eigenvalue weighted by Gasteiger charge is -2.10. The van der Waals surface area contributed by atoms with Gasteiger partial charge in [-0.2, -0.15) is 10.2 Å². The lowest BCUT2D eigenvalue weighted by atomic mass is 10.2. The van der Waals surface area contributed by atoms with Crippen molar-refractivity contribution in [2.45, 2.75) is 32.4 Å². The van der Waals surface area contributed by atoms with E-state index in [9.17, 15) is 0 Å². The Bertz CT molecular complexity index is 1130. The SMILES string of the molecule is COc1cccc(-c2nn(C(C)c3cnn(CC4CC4)c3)c3ncncc23)n1. The van der Waals surface area contributed by atoms with Crippen molar-refractivity contribution < 1.29 is 4.74 Å². The Kier molecular flexibility index (Phi) is 4.03. The Hall–Kier alpha value is -3.29. The molecule has 8 nitrogen and oxygen atoms in total. The van der Waals surface area contributed by atoms with Crippen molar-refractivity contribution in [3.8, 4) is 17.3 Å². The summed E-state index contributed by atoms with van der Waals surface area (Å²) >= 11 is 0. The molecule has 0 radical (unpaired) electrons. The third kappa shape index (κ3) is 3.00. The summed E-state index contributed by atoms with van der Waals surface area (Å²) in [7, 11) is 1.60. The largest absolute Gasteiger partial charge is 0.481 e. The fourth-order valence-electron chi connectivity index (χ4n) is 3.40. The minimum absolute atomic E-state index is 0.00953. The first-order valence-corrected chi connectivity index (χ1v) is 9.45. The van der Waals surface area contributed by atoms with E-state index in [1.54, 1.807) is 19.6 Å². The first-order chi connectivity index (χ1) is 13.7. The summed E-state index contributed by atoms with van der Waals surface area (Å²) < 4.78 is 9.22. The molecule has 1 atom stereocenters. The number of pyridine rings is 1. The molecule has 1 unspecified atom stereocenters. The fraction of sp³-hybridized carbons (Fsp3) is 0.350. The van der Waals surface area contributed by atoms with Gasteiger partial charge in [0.2, 0.25) is 5.88 Å². The number of ether oxygens (including phenoxy) is 1. The Labute approximate surface area is 162 Å². The molecule has 28 heavy (non-hydrogen) atoms. The molecule has 1 aliphatic carbocycles. The molecule has 0 aliphatic heterocycles. The van der Waals surface area contributed by atoms with E-state index < -0.39 is 0 Å². The summed E-state index contributed by atoms with van der Waals surface area (Å²) in [5.41, 5.74) is 3.35. The molecule has 0 N–H and O–H groups in total. The van der Waals surface area contributed by atoms with E-state index in [1.807, 2.05) is 33.8 Å². The van der Waals surface area contributed by atoms with Gasteiger partial charge in [-0.15, -0.1) is 0 Å². The van der Waals surface area contributed by atoms with E-state index in [0.717, 1.165) is 40.4 Å². The van der Waals surface area contributed by atoms with Crippen LogP contribution in [-0.2, 0) is 6.54 Å². The van der Waals surface area contributed by atoms with Gasteiger partial charge in [-0.3, -0.25) is 4.68 Å². The van der Waals surface area contributed by atoms with Crippen LogP contribution < -0.4 is 4.74 Å². The zero-order valence-corrected chi connectivity index (χ0v) is 15.9. The number of rotatable bonds is 6. The number of hydrogen-bond acceptors (Lipinski definition) is 6. The molecule has 4 heterocycles. The molecule has 1 saturated carbocycles. The average Bonchev–Trinajstić information content (AvgIpc) is 3.28. The van der Waals surface area contributed by atoms with Crippen molar-refractivity contribution in [3.05, 3.63) is 48.7 Å². The normalized spacial score (nSPS) is 15.1. The maximum atomic E-state index is 5.26. The Morgan fingerprint density at radius 2 is 2.14 bits per heavy atom. The summed E-state index contributed by atoms with van der Waals surface area (Å²) in [6, 6.07) is 5.63. The molecule has 142 valence electrons. The molecule has 0 aromatic carbocycles. The lowest BCUT2D eigenvalue weighted by Crippen LogP contribution is -2.09. The van der Waals surface area contributed by atoms with Crippen molar-refractivity contribution in [1.82, 2.24) is 34.5 Å². The van der Waals surface area contributed by atoms with E-state index in [4.69, 9.17) is 9.84 Å². The molecule has 5 rings (SSSR count). The Morgan fingerprint density at radius 1 is 1.25 bits per heavy atom. The maximum Gasteiger partial charge on any atom is 0.213 e. The van der Waals surface area contributed by atoms with E-state index in [1.165, 1.54) is 12.8 Å². The van der Waals surface area contributed by atoms with Crippen LogP contribution in [-0.4, -0.2) is 41.6 Å². The van der Waals surface area contributed by atoms with Gasteiger partial charge in [0.15, 0.2) is 5.65 Å². The zero-order chi connectivity index (χ0) is 19.1. The van der Waals surface area contributed by atoms with E-state index in [-0.39, 0.29) is 6.04 Å². The molecule has 4 aromatic rings. The monoisotopic (exact) mass is 375 g/mol. The predicted octanol–water partition coefficient (Wildman–Crippen LogP) is 3.11. The highest BCUT2D eigenvalue weighted by Gasteiger charge is 2.24. The molecule has 0 spiro atoms. The fourth-order valence-corrected chi connectivity index (χ4v) is 3.40. The minimum Gasteiger partial charge on any atom is -0.481 e. The van der Waals surface area contributed by atoms with Gasteiger partial charge in [-0.1, -0.05) is 6.07 Å². The molecular weight excluding hydrogens is 354 g/mol. The van der Waals surface area contributed by atoms with Gasteiger partial charge in [0.05, 0.1) is 30.4 Å². The van der Waals surface area contributed by atoms with Gasteiger partial charge in [-0.25, -0.2) is 19.6 Å². The highest BCUT2D eigenvalue weighted by Crippen LogP contribution is 2.32. The van der Waals surface area contributed by atoms with Gasteiger partial charge in [0.1, 0.15) is 12.0 Å². The number of nitrogens with zero attached hydrogens (tertiary/aromatic N) is 7. The summed E-state index contributed by atoms with van der Waals surface area (Å²) in [5.74, 6) is 1.33. The second kappa shape index (κ2) is 6.70. The van der Waals surface area contributed by atoms with Crippen LogP contribution >= 0.6 is 0 Å². The molecule has 1 fully saturated rings. The Morgan fingerprint density at radius 3 is 2.96 bits per heavy atom.